The number of hydrogen-bond acceptors (Lipinski definition) is 3. The number of para-hydroxylation sites is 1. The minimum Gasteiger partial charge on any atom is -0.488 e. The highest BCUT2D eigenvalue weighted by Crippen LogP contribution is 2.22. The summed E-state index contributed by atoms with van der Waals surface area (Å²) in [7, 11) is 0. The van der Waals surface area contributed by atoms with Crippen molar-refractivity contribution in [1.29, 1.82) is 0 Å². The van der Waals surface area contributed by atoms with Crippen LogP contribution in [0.5, 0.6) is 5.75 Å². The van der Waals surface area contributed by atoms with E-state index in [1.54, 1.807) is 41.7 Å². The van der Waals surface area contributed by atoms with Crippen LogP contribution in [0.25, 0.3) is 0 Å². The summed E-state index contributed by atoms with van der Waals surface area (Å²) in [4.78, 5) is 13.7. The first kappa shape index (κ1) is 17.2. The van der Waals surface area contributed by atoms with E-state index in [1.807, 2.05) is 30.5 Å². The minimum absolute atomic E-state index is 0.0716. The summed E-state index contributed by atoms with van der Waals surface area (Å²) in [6.45, 7) is 2.22. The molecule has 3 aromatic rings. The molecule has 1 N–H and O–H groups in total. The first-order chi connectivity index (χ1) is 12.1. The molecule has 0 radical (unpaired) electrons. The van der Waals surface area contributed by atoms with Gasteiger partial charge in [-0.15, -0.1) is 11.3 Å². The molecule has 128 valence electrons. The van der Waals surface area contributed by atoms with Crippen molar-refractivity contribution in [3.8, 4) is 5.75 Å². The van der Waals surface area contributed by atoms with E-state index >= 15 is 0 Å². The molecule has 1 amide bonds. The van der Waals surface area contributed by atoms with Crippen molar-refractivity contribution in [2.45, 2.75) is 19.6 Å². The zero-order chi connectivity index (χ0) is 17.6. The number of hydrogen-bond donors (Lipinski definition) is 1. The van der Waals surface area contributed by atoms with Gasteiger partial charge in [-0.3, -0.25) is 4.79 Å². The molecule has 3 rings (SSSR count). The lowest BCUT2D eigenvalue weighted by Gasteiger charge is -2.15. The third-order valence-electron chi connectivity index (χ3n) is 3.76. The van der Waals surface area contributed by atoms with Crippen molar-refractivity contribution in [3.63, 3.8) is 0 Å². The fourth-order valence-corrected chi connectivity index (χ4v) is 3.14. The molecule has 0 spiro atoms. The fraction of sp³-hybridized carbons (Fsp3) is 0.150. The van der Waals surface area contributed by atoms with E-state index in [4.69, 9.17) is 4.74 Å². The van der Waals surface area contributed by atoms with Crippen LogP contribution in [0, 0.1) is 5.82 Å². The number of amides is 1. The van der Waals surface area contributed by atoms with Crippen LogP contribution in [0.2, 0.25) is 0 Å². The molecular weight excluding hydrogens is 337 g/mol. The maximum atomic E-state index is 13.0. The Morgan fingerprint density at radius 1 is 1.12 bits per heavy atom. The number of carbonyl (C=O) groups is 1. The van der Waals surface area contributed by atoms with Gasteiger partial charge >= 0.3 is 0 Å². The van der Waals surface area contributed by atoms with E-state index in [1.165, 1.54) is 12.1 Å². The Morgan fingerprint density at radius 3 is 2.60 bits per heavy atom. The normalized spacial score (nSPS) is 11.8. The maximum Gasteiger partial charge on any atom is 0.255 e. The number of benzene rings is 2. The van der Waals surface area contributed by atoms with Crippen molar-refractivity contribution in [2.75, 3.05) is 0 Å². The maximum absolute atomic E-state index is 13.0. The first-order valence-corrected chi connectivity index (χ1v) is 8.82. The van der Waals surface area contributed by atoms with E-state index in [0.29, 0.717) is 11.3 Å². The number of thiophene rings is 1. The summed E-state index contributed by atoms with van der Waals surface area (Å²) in [5.41, 5.74) is 1.32. The van der Waals surface area contributed by atoms with Gasteiger partial charge in [0, 0.05) is 4.88 Å². The summed E-state index contributed by atoms with van der Waals surface area (Å²) in [6.07, 6.45) is 0. The molecule has 1 heterocycles. The SMILES string of the molecule is C[C@@H](NC(=O)c1ccccc1OCc1ccc(F)cc1)c1cccs1. The van der Waals surface area contributed by atoms with Gasteiger partial charge < -0.3 is 10.1 Å². The summed E-state index contributed by atoms with van der Waals surface area (Å²) in [6, 6.07) is 17.1. The molecule has 1 aromatic heterocycles. The molecule has 0 aliphatic carbocycles. The molecule has 2 aromatic carbocycles. The Morgan fingerprint density at radius 2 is 1.88 bits per heavy atom. The van der Waals surface area contributed by atoms with E-state index in [0.717, 1.165) is 10.4 Å². The van der Waals surface area contributed by atoms with Gasteiger partial charge in [0.15, 0.2) is 0 Å². The highest BCUT2D eigenvalue weighted by atomic mass is 32.1. The molecule has 0 fully saturated rings. The van der Waals surface area contributed by atoms with Gasteiger partial charge in [-0.2, -0.15) is 0 Å². The molecule has 0 aliphatic rings. The molecule has 0 saturated heterocycles. The lowest BCUT2D eigenvalue weighted by molar-refractivity contribution is 0.0936. The van der Waals surface area contributed by atoms with Gasteiger partial charge in [0.25, 0.3) is 5.91 Å². The van der Waals surface area contributed by atoms with Crippen molar-refractivity contribution in [3.05, 3.63) is 87.9 Å². The van der Waals surface area contributed by atoms with Crippen LogP contribution in [0.1, 0.15) is 33.8 Å². The van der Waals surface area contributed by atoms with E-state index in [-0.39, 0.29) is 24.4 Å². The van der Waals surface area contributed by atoms with Gasteiger partial charge in [-0.25, -0.2) is 4.39 Å². The number of nitrogens with one attached hydrogen (secondary N) is 1. The molecule has 0 aliphatic heterocycles. The zero-order valence-electron chi connectivity index (χ0n) is 13.7. The van der Waals surface area contributed by atoms with Gasteiger partial charge in [-0.1, -0.05) is 30.3 Å². The number of rotatable bonds is 6. The van der Waals surface area contributed by atoms with Crippen LogP contribution in [-0.4, -0.2) is 5.91 Å². The van der Waals surface area contributed by atoms with Crippen LogP contribution in [-0.2, 0) is 6.61 Å². The lowest BCUT2D eigenvalue weighted by atomic mass is 10.1. The molecule has 25 heavy (non-hydrogen) atoms. The van der Waals surface area contributed by atoms with E-state index < -0.39 is 0 Å². The Hall–Kier alpha value is -2.66. The second kappa shape index (κ2) is 7.94. The van der Waals surface area contributed by atoms with E-state index in [9.17, 15) is 9.18 Å². The van der Waals surface area contributed by atoms with Gasteiger partial charge in [-0.05, 0) is 48.2 Å². The minimum atomic E-state index is -0.286. The van der Waals surface area contributed by atoms with Crippen molar-refractivity contribution in [2.24, 2.45) is 0 Å². The number of ether oxygens (including phenoxy) is 1. The largest absolute Gasteiger partial charge is 0.488 e. The fourth-order valence-electron chi connectivity index (χ4n) is 2.40. The van der Waals surface area contributed by atoms with Crippen LogP contribution in [0.15, 0.2) is 66.0 Å². The van der Waals surface area contributed by atoms with E-state index in [2.05, 4.69) is 5.32 Å². The Kier molecular flexibility index (Phi) is 5.46. The predicted octanol–water partition coefficient (Wildman–Crippen LogP) is 4.96. The molecule has 0 bridgehead atoms. The summed E-state index contributed by atoms with van der Waals surface area (Å²) < 4.78 is 18.7. The third-order valence-corrected chi connectivity index (χ3v) is 4.81. The Balaban J connectivity index is 1.69. The van der Waals surface area contributed by atoms with Crippen LogP contribution in [0.3, 0.4) is 0 Å². The smallest absolute Gasteiger partial charge is 0.255 e. The molecule has 1 atom stereocenters. The van der Waals surface area contributed by atoms with Gasteiger partial charge in [0.05, 0.1) is 11.6 Å². The quantitative estimate of drug-likeness (QED) is 0.679. The Labute approximate surface area is 150 Å². The molecule has 3 nitrogen and oxygen atoms in total. The van der Waals surface area contributed by atoms with Crippen molar-refractivity contribution >= 4 is 17.2 Å². The average Bonchev–Trinajstić information content (AvgIpc) is 3.16. The summed E-state index contributed by atoms with van der Waals surface area (Å²) in [5.74, 6) is 0.0319. The third kappa shape index (κ3) is 4.45. The summed E-state index contributed by atoms with van der Waals surface area (Å²) >= 11 is 1.60. The van der Waals surface area contributed by atoms with Gasteiger partial charge in [0.2, 0.25) is 0 Å². The highest BCUT2D eigenvalue weighted by Gasteiger charge is 2.16. The van der Waals surface area contributed by atoms with Gasteiger partial charge in [0.1, 0.15) is 18.2 Å². The van der Waals surface area contributed by atoms with Crippen LogP contribution in [0.4, 0.5) is 4.39 Å². The lowest BCUT2D eigenvalue weighted by Crippen LogP contribution is -2.26. The zero-order valence-corrected chi connectivity index (χ0v) is 14.6. The van der Waals surface area contributed by atoms with Crippen molar-refractivity contribution in [1.82, 2.24) is 5.32 Å². The Bertz CT molecular complexity index is 831. The average molecular weight is 355 g/mol. The molecule has 0 unspecified atom stereocenters. The number of carbonyl (C=O) groups excluding carboxylic acids is 1. The monoisotopic (exact) mass is 355 g/mol. The predicted molar refractivity (Wildman–Crippen MR) is 97.4 cm³/mol. The molecule has 0 saturated carbocycles. The van der Waals surface area contributed by atoms with Crippen LogP contribution >= 0.6 is 11.3 Å². The summed E-state index contributed by atoms with van der Waals surface area (Å²) in [5, 5.41) is 4.97. The standard InChI is InChI=1S/C20H18FNO2S/c1-14(19-7-4-12-25-19)22-20(23)17-5-2-3-6-18(17)24-13-15-8-10-16(21)11-9-15/h2-12,14H,13H2,1H3,(H,22,23)/t14-/m1/s1. The first-order valence-electron chi connectivity index (χ1n) is 7.94. The number of halogens is 1. The molecular formula is C20H18FNO2S. The van der Waals surface area contributed by atoms with Crippen LogP contribution < -0.4 is 10.1 Å². The molecule has 5 heteroatoms. The topological polar surface area (TPSA) is 38.3 Å². The highest BCUT2D eigenvalue weighted by molar-refractivity contribution is 7.10. The second-order valence-electron chi connectivity index (χ2n) is 5.62. The van der Waals surface area contributed by atoms with Crippen molar-refractivity contribution < 1.29 is 13.9 Å². The second-order valence-corrected chi connectivity index (χ2v) is 6.60.